The van der Waals surface area contributed by atoms with Gasteiger partial charge in [-0.05, 0) is 112 Å². The van der Waals surface area contributed by atoms with Gasteiger partial charge in [0.1, 0.15) is 0 Å². The molecule has 2 heteroatoms. The molecule has 8 atom stereocenters. The molecule has 1 unspecified atom stereocenters. The SMILES string of the molecule is CC(C)CCCC(C)[C@H]1CC[C@H]2[C@@H]3CC=C4C[C@@H](O)CC[C@]4(C)[C@H]3CC[C@]12C.CCOCC. The Bertz CT molecular complexity index is 637. The van der Waals surface area contributed by atoms with Crippen LogP contribution < -0.4 is 0 Å². The van der Waals surface area contributed by atoms with E-state index in [1.807, 2.05) is 13.8 Å². The highest BCUT2D eigenvalue weighted by atomic mass is 16.5. The molecule has 2 nitrogen and oxygen atoms in total. The molecule has 3 fully saturated rings. The molecule has 0 spiro atoms. The number of aliphatic hydroxyl groups excluding tert-OH is 1. The molecule has 0 aromatic carbocycles. The van der Waals surface area contributed by atoms with Gasteiger partial charge in [-0.1, -0.05) is 65.5 Å². The van der Waals surface area contributed by atoms with Gasteiger partial charge in [0.25, 0.3) is 0 Å². The first-order valence-electron chi connectivity index (χ1n) is 14.6. The number of aliphatic hydroxyl groups is 1. The third-order valence-electron chi connectivity index (χ3n) is 10.7. The highest BCUT2D eigenvalue weighted by molar-refractivity contribution is 5.25. The van der Waals surface area contributed by atoms with Crippen LogP contribution in [0.4, 0.5) is 0 Å². The van der Waals surface area contributed by atoms with Gasteiger partial charge in [-0.15, -0.1) is 0 Å². The smallest absolute Gasteiger partial charge is 0.0577 e. The predicted octanol–water partition coefficient (Wildman–Crippen LogP) is 8.43. The van der Waals surface area contributed by atoms with Gasteiger partial charge in [0, 0.05) is 13.2 Å². The number of rotatable bonds is 7. The lowest BCUT2D eigenvalue weighted by molar-refractivity contribution is -0.0573. The van der Waals surface area contributed by atoms with E-state index in [0.29, 0.717) is 10.8 Å². The Morgan fingerprint density at radius 3 is 2.33 bits per heavy atom. The Morgan fingerprint density at radius 1 is 0.970 bits per heavy atom. The molecule has 192 valence electrons. The molecule has 0 saturated heterocycles. The van der Waals surface area contributed by atoms with Crippen LogP contribution in [-0.4, -0.2) is 24.4 Å². The van der Waals surface area contributed by atoms with E-state index in [-0.39, 0.29) is 6.10 Å². The number of hydrogen-bond acceptors (Lipinski definition) is 2. The molecule has 0 amide bonds. The number of fused-ring (bicyclic) bond motifs is 5. The number of ether oxygens (including phenoxy) is 1. The van der Waals surface area contributed by atoms with Crippen molar-refractivity contribution in [2.24, 2.45) is 46.3 Å². The summed E-state index contributed by atoms with van der Waals surface area (Å²) in [5.74, 6) is 5.46. The van der Waals surface area contributed by atoms with Gasteiger partial charge in [-0.25, -0.2) is 0 Å². The largest absolute Gasteiger partial charge is 0.393 e. The van der Waals surface area contributed by atoms with Crippen LogP contribution >= 0.6 is 0 Å². The highest BCUT2D eigenvalue weighted by Crippen LogP contribution is 2.67. The molecule has 3 saturated carbocycles. The first kappa shape index (κ1) is 27.3. The van der Waals surface area contributed by atoms with Crippen LogP contribution in [-0.2, 0) is 4.74 Å². The van der Waals surface area contributed by atoms with E-state index in [9.17, 15) is 5.11 Å². The zero-order valence-corrected chi connectivity index (χ0v) is 23.2. The van der Waals surface area contributed by atoms with E-state index in [1.165, 1.54) is 57.8 Å². The molecule has 1 N–H and O–H groups in total. The Kier molecular flexibility index (Phi) is 9.58. The fourth-order valence-electron chi connectivity index (χ4n) is 8.87. The van der Waals surface area contributed by atoms with E-state index < -0.39 is 0 Å². The van der Waals surface area contributed by atoms with Crippen molar-refractivity contribution in [3.8, 4) is 0 Å². The summed E-state index contributed by atoms with van der Waals surface area (Å²) in [5, 5.41) is 10.2. The van der Waals surface area contributed by atoms with Crippen molar-refractivity contribution < 1.29 is 9.84 Å². The van der Waals surface area contributed by atoms with Crippen molar-refractivity contribution in [1.82, 2.24) is 0 Å². The molecule has 4 aliphatic rings. The molecule has 0 aromatic rings. The predicted molar refractivity (Wildman–Crippen MR) is 141 cm³/mol. The lowest BCUT2D eigenvalue weighted by Crippen LogP contribution is -2.50. The quantitative estimate of drug-likeness (QED) is 0.386. The van der Waals surface area contributed by atoms with E-state index in [2.05, 4.69) is 40.7 Å². The standard InChI is InChI=1S/C27H46O.C4H10O/c1-18(2)7-6-8-19(3)23-11-12-24-22-10-9-20-17-21(28)13-15-26(20,4)25(22)14-16-27(23,24)5;1-3-5-4-2/h9,18-19,21-25,28H,6-8,10-17H2,1-5H3;3-4H2,1-2H3/t19?,21-,22-,23+,24-,25-,26-,27+;/m0./s1. The monoisotopic (exact) mass is 460 g/mol. The maximum atomic E-state index is 10.2. The fraction of sp³-hybridized carbons (Fsp3) is 0.935. The fourth-order valence-corrected chi connectivity index (χ4v) is 8.87. The first-order valence-corrected chi connectivity index (χ1v) is 14.6. The third-order valence-corrected chi connectivity index (χ3v) is 10.7. The lowest BCUT2D eigenvalue weighted by Gasteiger charge is -2.58. The van der Waals surface area contributed by atoms with Crippen molar-refractivity contribution in [3.63, 3.8) is 0 Å². The Morgan fingerprint density at radius 2 is 1.70 bits per heavy atom. The minimum atomic E-state index is -0.0766. The van der Waals surface area contributed by atoms with Crippen molar-refractivity contribution >= 4 is 0 Å². The average molecular weight is 461 g/mol. The zero-order valence-electron chi connectivity index (χ0n) is 23.2. The summed E-state index contributed by atoms with van der Waals surface area (Å²) < 4.78 is 4.83. The summed E-state index contributed by atoms with van der Waals surface area (Å²) in [6.07, 6.45) is 17.2. The summed E-state index contributed by atoms with van der Waals surface area (Å²) in [6.45, 7) is 18.2. The van der Waals surface area contributed by atoms with Gasteiger partial charge in [0.15, 0.2) is 0 Å². The summed E-state index contributed by atoms with van der Waals surface area (Å²) in [6, 6.07) is 0. The van der Waals surface area contributed by atoms with Crippen LogP contribution in [0.25, 0.3) is 0 Å². The normalized spacial score (nSPS) is 40.8. The minimum absolute atomic E-state index is 0.0766. The molecule has 0 heterocycles. The maximum absolute atomic E-state index is 10.2. The molecule has 33 heavy (non-hydrogen) atoms. The second kappa shape index (κ2) is 11.6. The molecule has 0 bridgehead atoms. The van der Waals surface area contributed by atoms with Crippen molar-refractivity contribution in [3.05, 3.63) is 11.6 Å². The van der Waals surface area contributed by atoms with Crippen LogP contribution in [0.15, 0.2) is 11.6 Å². The number of hydrogen-bond donors (Lipinski definition) is 1. The highest BCUT2D eigenvalue weighted by Gasteiger charge is 2.59. The Labute approximate surface area is 206 Å². The van der Waals surface area contributed by atoms with E-state index in [1.54, 1.807) is 5.57 Å². The Balaban J connectivity index is 0.000000555. The first-order chi connectivity index (χ1) is 15.7. The van der Waals surface area contributed by atoms with E-state index in [4.69, 9.17) is 4.74 Å². The molecule has 4 rings (SSSR count). The molecule has 0 radical (unpaired) electrons. The average Bonchev–Trinajstić information content (AvgIpc) is 3.12. The van der Waals surface area contributed by atoms with Gasteiger partial charge < -0.3 is 9.84 Å². The third kappa shape index (κ3) is 5.74. The van der Waals surface area contributed by atoms with Crippen LogP contribution in [0, 0.1) is 46.3 Å². The molecule has 0 aliphatic heterocycles. The summed E-state index contributed by atoms with van der Waals surface area (Å²) >= 11 is 0. The van der Waals surface area contributed by atoms with Gasteiger partial charge in [-0.3, -0.25) is 0 Å². The lowest BCUT2D eigenvalue weighted by atomic mass is 9.47. The van der Waals surface area contributed by atoms with Gasteiger partial charge in [0.2, 0.25) is 0 Å². The topological polar surface area (TPSA) is 29.5 Å². The van der Waals surface area contributed by atoms with Crippen molar-refractivity contribution in [2.45, 2.75) is 125 Å². The van der Waals surface area contributed by atoms with Crippen molar-refractivity contribution in [2.75, 3.05) is 13.2 Å². The second-order valence-corrected chi connectivity index (χ2v) is 13.0. The van der Waals surface area contributed by atoms with Gasteiger partial charge in [-0.2, -0.15) is 0 Å². The summed E-state index contributed by atoms with van der Waals surface area (Å²) in [7, 11) is 0. The van der Waals surface area contributed by atoms with Crippen LogP contribution in [0.2, 0.25) is 0 Å². The number of allylic oxidation sites excluding steroid dienone is 1. The van der Waals surface area contributed by atoms with E-state index >= 15 is 0 Å². The summed E-state index contributed by atoms with van der Waals surface area (Å²) in [4.78, 5) is 0. The second-order valence-electron chi connectivity index (χ2n) is 13.0. The van der Waals surface area contributed by atoms with Crippen LogP contribution in [0.3, 0.4) is 0 Å². The van der Waals surface area contributed by atoms with Crippen molar-refractivity contribution in [1.29, 1.82) is 0 Å². The zero-order chi connectivity index (χ0) is 24.2. The maximum Gasteiger partial charge on any atom is 0.0577 e. The van der Waals surface area contributed by atoms with Gasteiger partial charge in [0.05, 0.1) is 6.10 Å². The molecule has 4 aliphatic carbocycles. The minimum Gasteiger partial charge on any atom is -0.393 e. The van der Waals surface area contributed by atoms with Gasteiger partial charge >= 0.3 is 0 Å². The van der Waals surface area contributed by atoms with Crippen LogP contribution in [0.5, 0.6) is 0 Å². The molecular weight excluding hydrogens is 404 g/mol. The van der Waals surface area contributed by atoms with Crippen LogP contribution in [0.1, 0.15) is 119 Å². The van der Waals surface area contributed by atoms with E-state index in [0.717, 1.165) is 61.6 Å². The summed E-state index contributed by atoms with van der Waals surface area (Å²) in [5.41, 5.74) is 2.60. The molecular formula is C31H56O2. The Hall–Kier alpha value is -0.340. The molecule has 0 aromatic heterocycles.